The van der Waals surface area contributed by atoms with E-state index in [1.165, 1.54) is 64.9 Å². The van der Waals surface area contributed by atoms with Crippen molar-refractivity contribution in [3.63, 3.8) is 0 Å². The molecule has 0 saturated heterocycles. The van der Waals surface area contributed by atoms with E-state index in [0.29, 0.717) is 29.1 Å². The van der Waals surface area contributed by atoms with Crippen LogP contribution in [0.25, 0.3) is 0 Å². The highest BCUT2D eigenvalue weighted by atomic mass is 16.6. The van der Waals surface area contributed by atoms with Gasteiger partial charge in [-0.15, -0.1) is 0 Å². The van der Waals surface area contributed by atoms with Crippen molar-refractivity contribution in [1.29, 1.82) is 0 Å². The summed E-state index contributed by atoms with van der Waals surface area (Å²) in [7, 11) is 1.28. The largest absolute Gasteiger partial charge is 0.465 e. The van der Waals surface area contributed by atoms with Gasteiger partial charge in [-0.1, -0.05) is 108 Å². The minimum Gasteiger partial charge on any atom is -0.465 e. The molecule has 2 aliphatic rings. The lowest BCUT2D eigenvalue weighted by molar-refractivity contribution is -0.156. The van der Waals surface area contributed by atoms with Crippen molar-refractivity contribution in [2.75, 3.05) is 7.11 Å². The Morgan fingerprint density at radius 1 is 0.933 bits per heavy atom. The summed E-state index contributed by atoms with van der Waals surface area (Å²) in [5.74, 6) is -2.35. The summed E-state index contributed by atoms with van der Waals surface area (Å²) in [4.78, 5) is 38.9. The quantitative estimate of drug-likeness (QED) is 0.0753. The number of rotatable bonds is 18. The average molecular weight is 627 g/mol. The zero-order chi connectivity index (χ0) is 32.9. The molecule has 3 heterocycles. The van der Waals surface area contributed by atoms with E-state index in [0.717, 1.165) is 19.3 Å². The predicted molar refractivity (Wildman–Crippen MR) is 174 cm³/mol. The number of hydrogen-bond acceptors (Lipinski definition) is 8. The van der Waals surface area contributed by atoms with Crippen molar-refractivity contribution in [3.05, 3.63) is 59.1 Å². The highest BCUT2D eigenvalue weighted by Crippen LogP contribution is 2.40. The first-order chi connectivity index (χ1) is 21.6. The van der Waals surface area contributed by atoms with Gasteiger partial charge < -0.3 is 23.7 Å². The standard InChI is InChI=1S/C37H54O8/c1-7-8-9-10-11-12-13-14-15-16-17-18-19-20-32(38)45-35-28-23-31(44-37(28)41)33(25(4)5)30-22-27(36(40)42-6)29(43-30)21-26(24(2)3)34(35)39/h22-23,26,31,33-35,39H,2,4,7-21H2,1,3,5-6H3. The van der Waals surface area contributed by atoms with Crippen molar-refractivity contribution < 1.29 is 38.1 Å². The summed E-state index contributed by atoms with van der Waals surface area (Å²) in [6.45, 7) is 13.9. The normalized spacial score (nSPS) is 22.6. The topological polar surface area (TPSA) is 112 Å². The highest BCUT2D eigenvalue weighted by Gasteiger charge is 2.45. The second-order valence-corrected chi connectivity index (χ2v) is 12.8. The Hall–Kier alpha value is -3.13. The molecule has 5 unspecified atom stereocenters. The Bertz CT molecular complexity index is 1210. The van der Waals surface area contributed by atoms with Crippen LogP contribution in [0.4, 0.5) is 0 Å². The number of hydrogen-bond donors (Lipinski definition) is 1. The maximum absolute atomic E-state index is 13.2. The maximum atomic E-state index is 13.2. The summed E-state index contributed by atoms with van der Waals surface area (Å²) >= 11 is 0. The van der Waals surface area contributed by atoms with Gasteiger partial charge in [0.2, 0.25) is 0 Å². The summed E-state index contributed by atoms with van der Waals surface area (Å²) in [6.07, 6.45) is 14.0. The van der Waals surface area contributed by atoms with Crippen molar-refractivity contribution in [2.45, 2.75) is 141 Å². The zero-order valence-corrected chi connectivity index (χ0v) is 27.9. The lowest BCUT2D eigenvalue weighted by Gasteiger charge is -2.30. The van der Waals surface area contributed by atoms with Crippen LogP contribution in [0.1, 0.15) is 138 Å². The molecule has 0 radical (unpaired) electrons. The third kappa shape index (κ3) is 10.2. The molecule has 0 fully saturated rings. The fourth-order valence-corrected chi connectivity index (χ4v) is 6.37. The second kappa shape index (κ2) is 18.1. The van der Waals surface area contributed by atoms with Crippen LogP contribution in [0, 0.1) is 5.92 Å². The van der Waals surface area contributed by atoms with Crippen LogP contribution >= 0.6 is 0 Å². The lowest BCUT2D eigenvalue weighted by Crippen LogP contribution is -2.41. The van der Waals surface area contributed by atoms with E-state index in [-0.39, 0.29) is 24.0 Å². The van der Waals surface area contributed by atoms with Crippen LogP contribution in [0.15, 0.2) is 46.4 Å². The Labute approximate surface area is 269 Å². The Morgan fingerprint density at radius 3 is 2.04 bits per heavy atom. The van der Waals surface area contributed by atoms with Crippen LogP contribution in [-0.2, 0) is 30.2 Å². The van der Waals surface area contributed by atoms with E-state index in [9.17, 15) is 19.5 Å². The molecular weight excluding hydrogens is 572 g/mol. The number of unbranched alkanes of at least 4 members (excludes halogenated alkanes) is 12. The van der Waals surface area contributed by atoms with Crippen molar-refractivity contribution >= 4 is 17.9 Å². The van der Waals surface area contributed by atoms with Crippen molar-refractivity contribution in [1.82, 2.24) is 0 Å². The number of methoxy groups -OCH3 is 1. The summed E-state index contributed by atoms with van der Waals surface area (Å²) in [5, 5.41) is 11.7. The first-order valence-electron chi connectivity index (χ1n) is 16.9. The Morgan fingerprint density at radius 2 is 1.51 bits per heavy atom. The fourth-order valence-electron chi connectivity index (χ4n) is 6.37. The Balaban J connectivity index is 1.64. The predicted octanol–water partition coefficient (Wildman–Crippen LogP) is 8.08. The van der Waals surface area contributed by atoms with Crippen LogP contribution in [0.5, 0.6) is 0 Å². The van der Waals surface area contributed by atoms with E-state index in [1.807, 2.05) is 0 Å². The van der Waals surface area contributed by atoms with E-state index in [2.05, 4.69) is 20.1 Å². The average Bonchev–Trinajstić information content (AvgIpc) is 3.58. The van der Waals surface area contributed by atoms with Gasteiger partial charge in [0.15, 0.2) is 6.10 Å². The molecule has 1 aromatic rings. The van der Waals surface area contributed by atoms with Crippen molar-refractivity contribution in [3.8, 4) is 0 Å². The molecule has 5 atom stereocenters. The number of esters is 3. The molecule has 4 bridgehead atoms. The fraction of sp³-hybridized carbons (Fsp3) is 0.649. The van der Waals surface area contributed by atoms with Gasteiger partial charge in [-0.2, -0.15) is 0 Å². The highest BCUT2D eigenvalue weighted by molar-refractivity contribution is 5.93. The first kappa shape index (κ1) is 36.3. The van der Waals surface area contributed by atoms with Gasteiger partial charge in [-0.3, -0.25) is 4.79 Å². The molecule has 2 aliphatic heterocycles. The number of carbonyl (C=O) groups excluding carboxylic acids is 3. The molecule has 3 rings (SSSR count). The van der Waals surface area contributed by atoms with Gasteiger partial charge >= 0.3 is 17.9 Å². The molecule has 8 nitrogen and oxygen atoms in total. The molecule has 250 valence electrons. The summed E-state index contributed by atoms with van der Waals surface area (Å²) in [5.41, 5.74) is 1.52. The lowest BCUT2D eigenvalue weighted by atomic mass is 9.84. The first-order valence-corrected chi connectivity index (χ1v) is 16.9. The molecule has 0 aliphatic carbocycles. The molecule has 0 saturated carbocycles. The number of aliphatic hydroxyl groups is 1. The molecule has 1 aromatic heterocycles. The molecular formula is C37H54O8. The molecule has 45 heavy (non-hydrogen) atoms. The smallest absolute Gasteiger partial charge is 0.341 e. The number of carbonyl (C=O) groups is 3. The van der Waals surface area contributed by atoms with Crippen LogP contribution in [-0.4, -0.2) is 48.4 Å². The molecule has 0 aromatic carbocycles. The van der Waals surface area contributed by atoms with E-state index in [1.54, 1.807) is 26.0 Å². The molecule has 1 N–H and O–H groups in total. The van der Waals surface area contributed by atoms with Crippen LogP contribution in [0.3, 0.4) is 0 Å². The van der Waals surface area contributed by atoms with Gasteiger partial charge in [-0.05, 0) is 32.4 Å². The van der Waals surface area contributed by atoms with Crippen LogP contribution < -0.4 is 0 Å². The minimum absolute atomic E-state index is 0.0870. The molecule has 0 spiro atoms. The van der Waals surface area contributed by atoms with E-state index in [4.69, 9.17) is 18.6 Å². The maximum Gasteiger partial charge on any atom is 0.341 e. The monoisotopic (exact) mass is 626 g/mol. The minimum atomic E-state index is -1.34. The van der Waals surface area contributed by atoms with Crippen LogP contribution in [0.2, 0.25) is 0 Å². The van der Waals surface area contributed by atoms with E-state index >= 15 is 0 Å². The molecule has 8 heteroatoms. The van der Waals surface area contributed by atoms with Gasteiger partial charge in [-0.25, -0.2) is 9.59 Å². The van der Waals surface area contributed by atoms with Gasteiger partial charge in [0.05, 0.1) is 18.6 Å². The number of furan rings is 1. The number of aliphatic hydroxyl groups excluding tert-OH is 1. The second-order valence-electron chi connectivity index (χ2n) is 12.8. The van der Waals surface area contributed by atoms with Gasteiger partial charge in [0, 0.05) is 18.8 Å². The third-order valence-electron chi connectivity index (χ3n) is 9.03. The molecule has 0 amide bonds. The number of fused-ring (bicyclic) bond motifs is 3. The van der Waals surface area contributed by atoms with Gasteiger partial charge in [0.1, 0.15) is 29.3 Å². The Kier molecular flexibility index (Phi) is 14.6. The van der Waals surface area contributed by atoms with E-state index < -0.39 is 48.1 Å². The summed E-state index contributed by atoms with van der Waals surface area (Å²) in [6, 6.07) is 1.58. The van der Waals surface area contributed by atoms with Gasteiger partial charge in [0.25, 0.3) is 0 Å². The SMILES string of the molecule is C=C(C)C1Cc2oc(cc2C(=O)OC)C(C(=C)C)C2C=C(C(=O)O2)C(OC(=O)CCCCCCCCCCCCCCC)C1O. The van der Waals surface area contributed by atoms with Crippen molar-refractivity contribution in [2.24, 2.45) is 5.92 Å². The summed E-state index contributed by atoms with van der Waals surface area (Å²) < 4.78 is 22.7. The number of ether oxygens (including phenoxy) is 3. The zero-order valence-electron chi connectivity index (χ0n) is 27.9. The third-order valence-corrected chi connectivity index (χ3v) is 9.03.